The van der Waals surface area contributed by atoms with Gasteiger partial charge in [-0.2, -0.15) is 0 Å². The van der Waals surface area contributed by atoms with Gasteiger partial charge in [-0.05, 0) is 24.6 Å². The summed E-state index contributed by atoms with van der Waals surface area (Å²) >= 11 is 6.08. The maximum absolute atomic E-state index is 13.3. The molecule has 1 aromatic rings. The average molecular weight is 278 g/mol. The Morgan fingerprint density at radius 1 is 1.41 bits per heavy atom. The Kier molecular flexibility index (Phi) is 3.08. The monoisotopic (exact) mass is 277 g/mol. The Labute approximate surface area is 105 Å². The molecular formula is C11H13ClFNO2S. The van der Waals surface area contributed by atoms with Gasteiger partial charge in [0.1, 0.15) is 5.82 Å². The second kappa shape index (κ2) is 4.14. The maximum atomic E-state index is 13.3. The first-order valence-corrected chi connectivity index (χ1v) is 7.52. The molecular weight excluding hydrogens is 265 g/mol. The van der Waals surface area contributed by atoms with Crippen LogP contribution in [-0.4, -0.2) is 33.0 Å². The van der Waals surface area contributed by atoms with Gasteiger partial charge in [-0.3, -0.25) is 0 Å². The van der Waals surface area contributed by atoms with Gasteiger partial charge in [0.05, 0.1) is 16.0 Å². The minimum Gasteiger partial charge on any atom is -0.367 e. The molecule has 94 valence electrons. The van der Waals surface area contributed by atoms with E-state index >= 15 is 0 Å². The topological polar surface area (TPSA) is 37.4 Å². The summed E-state index contributed by atoms with van der Waals surface area (Å²) in [6, 6.07) is 2.70. The molecule has 1 heterocycles. The molecule has 0 atom stereocenters. The number of benzene rings is 1. The lowest BCUT2D eigenvalue weighted by Gasteiger charge is -2.40. The van der Waals surface area contributed by atoms with Crippen LogP contribution in [0.3, 0.4) is 0 Å². The lowest BCUT2D eigenvalue weighted by molar-refractivity contribution is 0.545. The molecule has 17 heavy (non-hydrogen) atoms. The fourth-order valence-electron chi connectivity index (χ4n) is 1.84. The summed E-state index contributed by atoms with van der Waals surface area (Å²) in [4.78, 5) is 1.78. The van der Waals surface area contributed by atoms with Gasteiger partial charge in [0.2, 0.25) is 0 Å². The molecule has 2 rings (SSSR count). The third-order valence-electron chi connectivity index (χ3n) is 2.99. The first-order chi connectivity index (χ1) is 7.79. The van der Waals surface area contributed by atoms with E-state index in [1.165, 1.54) is 18.4 Å². The highest BCUT2D eigenvalue weighted by atomic mass is 35.5. The number of rotatable bonds is 2. The first-order valence-electron chi connectivity index (χ1n) is 5.18. The van der Waals surface area contributed by atoms with E-state index in [0.717, 1.165) is 0 Å². The Balaban J connectivity index is 2.22. The van der Waals surface area contributed by atoms with Gasteiger partial charge in [0, 0.05) is 19.3 Å². The van der Waals surface area contributed by atoms with Crippen LogP contribution in [0.15, 0.2) is 12.1 Å². The van der Waals surface area contributed by atoms with Crippen molar-refractivity contribution >= 4 is 27.1 Å². The quantitative estimate of drug-likeness (QED) is 0.830. The molecule has 3 nitrogen and oxygen atoms in total. The molecule has 0 aromatic heterocycles. The zero-order valence-electron chi connectivity index (χ0n) is 9.57. The Bertz CT molecular complexity index is 553. The molecule has 1 aliphatic rings. The van der Waals surface area contributed by atoms with E-state index in [0.29, 0.717) is 29.4 Å². The molecule has 0 unspecified atom stereocenters. The molecule has 1 aromatic carbocycles. The first kappa shape index (κ1) is 12.6. The summed E-state index contributed by atoms with van der Waals surface area (Å²) in [6.07, 6.45) is 1.22. The van der Waals surface area contributed by atoms with Crippen molar-refractivity contribution in [3.05, 3.63) is 28.5 Å². The summed E-state index contributed by atoms with van der Waals surface area (Å²) in [5.74, 6) is -0.357. The number of hydrogen-bond donors (Lipinski definition) is 0. The van der Waals surface area contributed by atoms with E-state index in [-0.39, 0.29) is 11.1 Å². The van der Waals surface area contributed by atoms with Crippen molar-refractivity contribution in [2.24, 2.45) is 0 Å². The average Bonchev–Trinajstić information content (AvgIpc) is 2.08. The third kappa shape index (κ3) is 2.40. The van der Waals surface area contributed by atoms with Crippen LogP contribution in [0.25, 0.3) is 0 Å². The van der Waals surface area contributed by atoms with Crippen LogP contribution in [0, 0.1) is 12.7 Å². The Morgan fingerprint density at radius 2 is 2.00 bits per heavy atom. The smallest absolute Gasteiger partial charge is 0.153 e. The maximum Gasteiger partial charge on any atom is 0.153 e. The highest BCUT2D eigenvalue weighted by Crippen LogP contribution is 2.34. The summed E-state index contributed by atoms with van der Waals surface area (Å²) in [6.45, 7) is 2.48. The van der Waals surface area contributed by atoms with Gasteiger partial charge in [-0.1, -0.05) is 11.6 Å². The van der Waals surface area contributed by atoms with Gasteiger partial charge in [-0.15, -0.1) is 0 Å². The van der Waals surface area contributed by atoms with Crippen molar-refractivity contribution in [3.8, 4) is 0 Å². The SMILES string of the molecule is Cc1cc(F)cc(N2CC(S(C)(=O)=O)C2)c1Cl. The van der Waals surface area contributed by atoms with Crippen molar-refractivity contribution in [2.75, 3.05) is 24.2 Å². The van der Waals surface area contributed by atoms with Crippen LogP contribution < -0.4 is 4.90 Å². The minimum atomic E-state index is -3.02. The Hall–Kier alpha value is -0.810. The number of anilines is 1. The van der Waals surface area contributed by atoms with E-state index in [2.05, 4.69) is 0 Å². The predicted molar refractivity (Wildman–Crippen MR) is 67.0 cm³/mol. The molecule has 0 amide bonds. The molecule has 1 saturated heterocycles. The lowest BCUT2D eigenvalue weighted by Crippen LogP contribution is -2.54. The molecule has 1 fully saturated rings. The molecule has 6 heteroatoms. The summed E-state index contributed by atoms with van der Waals surface area (Å²) in [7, 11) is -3.02. The zero-order chi connectivity index (χ0) is 12.8. The zero-order valence-corrected chi connectivity index (χ0v) is 11.1. The van der Waals surface area contributed by atoms with Crippen molar-refractivity contribution in [1.82, 2.24) is 0 Å². The third-order valence-corrected chi connectivity index (χ3v) is 5.00. The van der Waals surface area contributed by atoms with Crippen molar-refractivity contribution in [1.29, 1.82) is 0 Å². The van der Waals surface area contributed by atoms with Crippen LogP contribution in [0.2, 0.25) is 5.02 Å². The van der Waals surface area contributed by atoms with E-state index in [1.54, 1.807) is 11.8 Å². The molecule has 0 radical (unpaired) electrons. The predicted octanol–water partition coefficient (Wildman–Crippen LogP) is 2.02. The van der Waals surface area contributed by atoms with Crippen molar-refractivity contribution in [2.45, 2.75) is 12.2 Å². The van der Waals surface area contributed by atoms with Gasteiger partial charge in [0.15, 0.2) is 9.84 Å². The molecule has 0 N–H and O–H groups in total. The van der Waals surface area contributed by atoms with E-state index in [9.17, 15) is 12.8 Å². The normalized spacial score (nSPS) is 17.1. The van der Waals surface area contributed by atoms with Crippen molar-refractivity contribution in [3.63, 3.8) is 0 Å². The van der Waals surface area contributed by atoms with Crippen LogP contribution in [0.4, 0.5) is 10.1 Å². The summed E-state index contributed by atoms with van der Waals surface area (Å²) < 4.78 is 35.8. The fourth-order valence-corrected chi connectivity index (χ4v) is 2.97. The second-order valence-corrected chi connectivity index (χ2v) is 7.12. The van der Waals surface area contributed by atoms with E-state index < -0.39 is 9.84 Å². The fraction of sp³-hybridized carbons (Fsp3) is 0.455. The molecule has 0 saturated carbocycles. The number of sulfone groups is 1. The van der Waals surface area contributed by atoms with Gasteiger partial charge < -0.3 is 4.90 Å². The van der Waals surface area contributed by atoms with Gasteiger partial charge in [0.25, 0.3) is 0 Å². The number of nitrogens with zero attached hydrogens (tertiary/aromatic N) is 1. The molecule has 0 bridgehead atoms. The largest absolute Gasteiger partial charge is 0.367 e. The number of hydrogen-bond acceptors (Lipinski definition) is 3. The van der Waals surface area contributed by atoms with E-state index in [4.69, 9.17) is 11.6 Å². The second-order valence-electron chi connectivity index (χ2n) is 4.41. The standard InChI is InChI=1S/C11H13ClFNO2S/c1-7-3-8(13)4-10(11(7)12)14-5-9(6-14)17(2,15)16/h3-4,9H,5-6H2,1-2H3. The highest BCUT2D eigenvalue weighted by molar-refractivity contribution is 7.91. The molecule has 0 spiro atoms. The van der Waals surface area contributed by atoms with Gasteiger partial charge >= 0.3 is 0 Å². The number of halogens is 2. The molecule has 1 aliphatic heterocycles. The Morgan fingerprint density at radius 3 is 2.53 bits per heavy atom. The summed E-state index contributed by atoms with van der Waals surface area (Å²) in [5, 5.41) is 0.112. The lowest BCUT2D eigenvalue weighted by atomic mass is 10.1. The van der Waals surface area contributed by atoms with Crippen LogP contribution >= 0.6 is 11.6 Å². The summed E-state index contributed by atoms with van der Waals surface area (Å²) in [5.41, 5.74) is 1.23. The van der Waals surface area contributed by atoms with Crippen molar-refractivity contribution < 1.29 is 12.8 Å². The minimum absolute atomic E-state index is 0.357. The number of aryl methyl sites for hydroxylation is 1. The van der Waals surface area contributed by atoms with Crippen LogP contribution in [0.1, 0.15) is 5.56 Å². The van der Waals surface area contributed by atoms with Crippen LogP contribution in [0.5, 0.6) is 0 Å². The van der Waals surface area contributed by atoms with Gasteiger partial charge in [-0.25, -0.2) is 12.8 Å². The molecule has 0 aliphatic carbocycles. The van der Waals surface area contributed by atoms with E-state index in [1.807, 2.05) is 0 Å². The highest BCUT2D eigenvalue weighted by Gasteiger charge is 2.35. The van der Waals surface area contributed by atoms with Crippen LogP contribution in [-0.2, 0) is 9.84 Å².